The van der Waals surface area contributed by atoms with Gasteiger partial charge in [-0.05, 0) is 12.8 Å². The zero-order valence-electron chi connectivity index (χ0n) is 9.13. The maximum absolute atomic E-state index is 4.31. The van der Waals surface area contributed by atoms with Crippen molar-refractivity contribution in [3.8, 4) is 0 Å². The van der Waals surface area contributed by atoms with Crippen LogP contribution >= 0.6 is 8.51 Å². The molecule has 1 rings (SSSR count). The Kier molecular flexibility index (Phi) is 6.69. The molecule has 1 aromatic heterocycles. The Hall–Kier alpha value is -0.360. The van der Waals surface area contributed by atoms with E-state index >= 15 is 0 Å². The third-order valence-corrected chi connectivity index (χ3v) is 3.13. The Morgan fingerprint density at radius 3 is 2.43 bits per heavy atom. The summed E-state index contributed by atoms with van der Waals surface area (Å²) in [5.74, 6) is 0. The first kappa shape index (κ1) is 11.7. The fourth-order valence-corrected chi connectivity index (χ4v) is 2.17. The lowest BCUT2D eigenvalue weighted by Gasteiger charge is -1.99. The van der Waals surface area contributed by atoms with Crippen LogP contribution in [0.5, 0.6) is 0 Å². The van der Waals surface area contributed by atoms with Gasteiger partial charge in [-0.15, -0.1) is 0 Å². The van der Waals surface area contributed by atoms with Crippen LogP contribution < -0.4 is 0 Å². The smallest absolute Gasteiger partial charge is 0.0646 e. The van der Waals surface area contributed by atoms with Crippen molar-refractivity contribution in [1.29, 1.82) is 0 Å². The third-order valence-electron chi connectivity index (χ3n) is 2.50. The molecule has 1 unspecified atom stereocenters. The molecule has 2 nitrogen and oxygen atoms in total. The van der Waals surface area contributed by atoms with Crippen molar-refractivity contribution < 1.29 is 0 Å². The molecule has 0 spiro atoms. The summed E-state index contributed by atoms with van der Waals surface area (Å²) in [6.45, 7) is 2.26. The highest BCUT2D eigenvalue weighted by Crippen LogP contribution is 2.10. The maximum Gasteiger partial charge on any atom is 0.0646 e. The van der Waals surface area contributed by atoms with Gasteiger partial charge < -0.3 is 0 Å². The molecule has 0 radical (unpaired) electrons. The Balaban J connectivity index is 1.85. The highest BCUT2D eigenvalue weighted by Gasteiger charge is 1.95. The van der Waals surface area contributed by atoms with Gasteiger partial charge in [-0.1, -0.05) is 45.4 Å². The second kappa shape index (κ2) is 7.99. The van der Waals surface area contributed by atoms with E-state index in [1.165, 1.54) is 50.6 Å². The van der Waals surface area contributed by atoms with Gasteiger partial charge >= 0.3 is 0 Å². The maximum atomic E-state index is 4.31. The first-order valence-corrected chi connectivity index (χ1v) is 6.67. The van der Waals surface area contributed by atoms with Crippen molar-refractivity contribution in [2.24, 2.45) is 0 Å². The average Bonchev–Trinajstić information content (AvgIpc) is 2.69. The molecule has 0 aliphatic carbocycles. The van der Waals surface area contributed by atoms with Gasteiger partial charge in [0.25, 0.3) is 0 Å². The second-order valence-corrected chi connectivity index (χ2v) is 4.51. The Morgan fingerprint density at radius 2 is 1.79 bits per heavy atom. The standard InChI is InChI=1S/C11H21N2P/c1-2-3-4-5-6-7-8-9-11-10-12-14-13-11/h10,14H,2-9H2,1H3. The van der Waals surface area contributed by atoms with Crippen LogP contribution in [0.1, 0.15) is 57.6 Å². The summed E-state index contributed by atoms with van der Waals surface area (Å²) in [6.07, 6.45) is 12.7. The first-order valence-electron chi connectivity index (χ1n) is 5.78. The van der Waals surface area contributed by atoms with Crippen LogP contribution in [0.3, 0.4) is 0 Å². The van der Waals surface area contributed by atoms with Gasteiger partial charge in [-0.2, -0.15) is 0 Å². The molecule has 0 fully saturated rings. The normalized spacial score (nSPS) is 11.2. The van der Waals surface area contributed by atoms with Crippen LogP contribution in [0, 0.1) is 0 Å². The minimum atomic E-state index is 0.458. The van der Waals surface area contributed by atoms with Crippen LogP contribution in [0.2, 0.25) is 0 Å². The van der Waals surface area contributed by atoms with Crippen LogP contribution in [0.15, 0.2) is 6.20 Å². The molecule has 0 saturated heterocycles. The van der Waals surface area contributed by atoms with Gasteiger partial charge in [0, 0.05) is 0 Å². The second-order valence-electron chi connectivity index (χ2n) is 3.83. The van der Waals surface area contributed by atoms with E-state index in [1.54, 1.807) is 0 Å². The van der Waals surface area contributed by atoms with Gasteiger partial charge in [-0.25, -0.2) is 9.49 Å². The van der Waals surface area contributed by atoms with E-state index in [1.807, 2.05) is 6.20 Å². The number of hydrogen-bond acceptors (Lipinski definition) is 2. The van der Waals surface area contributed by atoms with Gasteiger partial charge in [0.15, 0.2) is 0 Å². The molecule has 0 aromatic carbocycles. The third kappa shape index (κ3) is 5.39. The van der Waals surface area contributed by atoms with E-state index in [0.717, 1.165) is 6.42 Å². The van der Waals surface area contributed by atoms with Crippen molar-refractivity contribution in [2.45, 2.75) is 58.3 Å². The van der Waals surface area contributed by atoms with Gasteiger partial charge in [0.05, 0.1) is 20.4 Å². The molecule has 0 aliphatic heterocycles. The SMILES string of the molecule is CCCCCCCCCc1cn[pH]n1. The summed E-state index contributed by atoms with van der Waals surface area (Å²) >= 11 is 0. The molecule has 1 heterocycles. The summed E-state index contributed by atoms with van der Waals surface area (Å²) in [4.78, 5) is 0. The largest absolute Gasteiger partial charge is 0.228 e. The Bertz CT molecular complexity index is 209. The summed E-state index contributed by atoms with van der Waals surface area (Å²) in [5.41, 5.74) is 1.22. The van der Waals surface area contributed by atoms with Crippen molar-refractivity contribution in [2.75, 3.05) is 0 Å². The lowest BCUT2D eigenvalue weighted by molar-refractivity contribution is 0.588. The number of rotatable bonds is 8. The van der Waals surface area contributed by atoms with E-state index in [-0.39, 0.29) is 0 Å². The molecule has 0 bridgehead atoms. The van der Waals surface area contributed by atoms with Gasteiger partial charge in [-0.3, -0.25) is 0 Å². The van der Waals surface area contributed by atoms with Crippen molar-refractivity contribution in [3.63, 3.8) is 0 Å². The van der Waals surface area contributed by atoms with E-state index in [9.17, 15) is 0 Å². The van der Waals surface area contributed by atoms with Gasteiger partial charge in [0.2, 0.25) is 0 Å². The minimum absolute atomic E-state index is 0.458. The molecule has 3 heteroatoms. The van der Waals surface area contributed by atoms with Gasteiger partial charge in [0.1, 0.15) is 0 Å². The van der Waals surface area contributed by atoms with Crippen molar-refractivity contribution in [1.82, 2.24) is 9.49 Å². The molecule has 0 saturated carbocycles. The van der Waals surface area contributed by atoms with Crippen LogP contribution in [0.25, 0.3) is 0 Å². The molecule has 0 amide bonds. The molecule has 14 heavy (non-hydrogen) atoms. The number of nitrogens with zero attached hydrogens (tertiary/aromatic N) is 2. The van der Waals surface area contributed by atoms with E-state index in [2.05, 4.69) is 16.4 Å². The molecular weight excluding hydrogens is 191 g/mol. The summed E-state index contributed by atoms with van der Waals surface area (Å²) in [6, 6.07) is 0. The summed E-state index contributed by atoms with van der Waals surface area (Å²) < 4.78 is 8.41. The molecule has 0 N–H and O–H groups in total. The molecule has 1 aromatic rings. The zero-order chi connectivity index (χ0) is 10.1. The molecule has 1 atom stereocenters. The van der Waals surface area contributed by atoms with E-state index < -0.39 is 0 Å². The van der Waals surface area contributed by atoms with Crippen LogP contribution in [-0.4, -0.2) is 9.49 Å². The first-order chi connectivity index (χ1) is 6.93. The summed E-state index contributed by atoms with van der Waals surface area (Å²) in [5, 5.41) is 0. The van der Waals surface area contributed by atoms with Crippen LogP contribution in [0.4, 0.5) is 0 Å². The highest BCUT2D eigenvalue weighted by molar-refractivity contribution is 7.20. The minimum Gasteiger partial charge on any atom is -0.228 e. The lowest BCUT2D eigenvalue weighted by atomic mass is 10.1. The highest BCUT2D eigenvalue weighted by atomic mass is 31.1. The van der Waals surface area contributed by atoms with Crippen molar-refractivity contribution in [3.05, 3.63) is 11.9 Å². The molecule has 80 valence electrons. The van der Waals surface area contributed by atoms with Crippen LogP contribution in [-0.2, 0) is 6.42 Å². The molecule has 0 aliphatic rings. The van der Waals surface area contributed by atoms with E-state index in [0.29, 0.717) is 8.51 Å². The monoisotopic (exact) mass is 212 g/mol. The quantitative estimate of drug-likeness (QED) is 0.612. The fraction of sp³-hybridized carbons (Fsp3) is 0.818. The number of hydrogen-bond donors (Lipinski definition) is 0. The Labute approximate surface area is 88.8 Å². The summed E-state index contributed by atoms with van der Waals surface area (Å²) in [7, 11) is 0.458. The average molecular weight is 212 g/mol. The van der Waals surface area contributed by atoms with E-state index in [4.69, 9.17) is 0 Å². The molecular formula is C11H21N2P. The zero-order valence-corrected chi connectivity index (χ0v) is 10.1. The fourth-order valence-electron chi connectivity index (χ4n) is 1.61. The predicted octanol–water partition coefficient (Wildman–Crippen LogP) is 3.80. The topological polar surface area (TPSA) is 25.8 Å². The predicted molar refractivity (Wildman–Crippen MR) is 63.2 cm³/mol. The lowest BCUT2D eigenvalue weighted by Crippen LogP contribution is -1.85. The van der Waals surface area contributed by atoms with Crippen molar-refractivity contribution >= 4 is 8.51 Å². The number of unbranched alkanes of at least 4 members (excludes halogenated alkanes) is 6. The number of aromatic nitrogens is 2. The number of aryl methyl sites for hydroxylation is 1. The Morgan fingerprint density at radius 1 is 1.07 bits per heavy atom.